The van der Waals surface area contributed by atoms with Gasteiger partial charge in [-0.3, -0.25) is 4.79 Å². The van der Waals surface area contributed by atoms with Gasteiger partial charge in [0.2, 0.25) is 5.91 Å². The highest BCUT2D eigenvalue weighted by Crippen LogP contribution is 2.34. The summed E-state index contributed by atoms with van der Waals surface area (Å²) in [6.07, 6.45) is -1.87. The Labute approximate surface area is 143 Å². The number of aryl methyl sites for hydroxylation is 1. The van der Waals surface area contributed by atoms with Crippen LogP contribution in [0.3, 0.4) is 0 Å². The molecule has 0 saturated carbocycles. The van der Waals surface area contributed by atoms with E-state index in [-0.39, 0.29) is 23.3 Å². The molecule has 2 aromatic rings. The molecule has 25 heavy (non-hydrogen) atoms. The Morgan fingerprint density at radius 3 is 2.64 bits per heavy atom. The fraction of sp³-hybridized carbons (Fsp3) is 0.316. The second-order valence-corrected chi connectivity index (χ2v) is 6.03. The molecular formula is C19H18F3NO2. The summed E-state index contributed by atoms with van der Waals surface area (Å²) in [7, 11) is 0. The zero-order chi connectivity index (χ0) is 17.9. The lowest BCUT2D eigenvalue weighted by atomic mass is 9.82. The molecule has 1 aliphatic carbocycles. The van der Waals surface area contributed by atoms with Crippen molar-refractivity contribution >= 4 is 11.6 Å². The highest BCUT2D eigenvalue weighted by atomic mass is 19.4. The molecule has 1 N–H and O–H groups in total. The van der Waals surface area contributed by atoms with Crippen molar-refractivity contribution in [1.82, 2.24) is 0 Å². The highest BCUT2D eigenvalue weighted by molar-refractivity contribution is 5.97. The molecule has 1 aliphatic rings. The molecule has 0 unspecified atom stereocenters. The average molecular weight is 349 g/mol. The van der Waals surface area contributed by atoms with Gasteiger partial charge in [-0.2, -0.15) is 13.2 Å². The minimum absolute atomic E-state index is 0.0114. The van der Waals surface area contributed by atoms with Crippen LogP contribution in [0, 0.1) is 0 Å². The maximum Gasteiger partial charge on any atom is 0.422 e. The van der Waals surface area contributed by atoms with Gasteiger partial charge in [0, 0.05) is 0 Å². The average Bonchev–Trinajstić information content (AvgIpc) is 2.59. The minimum atomic E-state index is -4.43. The fourth-order valence-electron chi connectivity index (χ4n) is 3.10. The first-order valence-electron chi connectivity index (χ1n) is 8.11. The molecule has 0 saturated heterocycles. The third-order valence-corrected chi connectivity index (χ3v) is 4.22. The molecule has 0 fully saturated rings. The van der Waals surface area contributed by atoms with Crippen LogP contribution in [0.1, 0.15) is 29.9 Å². The van der Waals surface area contributed by atoms with Gasteiger partial charge < -0.3 is 10.1 Å². The summed E-state index contributed by atoms with van der Waals surface area (Å²) < 4.78 is 42.0. The van der Waals surface area contributed by atoms with Crippen LogP contribution in [0.25, 0.3) is 0 Å². The van der Waals surface area contributed by atoms with Crippen molar-refractivity contribution in [1.29, 1.82) is 0 Å². The minimum Gasteiger partial charge on any atom is -0.482 e. The predicted molar refractivity (Wildman–Crippen MR) is 88.7 cm³/mol. The molecule has 1 atom stereocenters. The van der Waals surface area contributed by atoms with Crippen LogP contribution in [0.4, 0.5) is 18.9 Å². The van der Waals surface area contributed by atoms with Gasteiger partial charge in [-0.25, -0.2) is 0 Å². The third-order valence-electron chi connectivity index (χ3n) is 4.22. The highest BCUT2D eigenvalue weighted by Gasteiger charge is 2.30. The van der Waals surface area contributed by atoms with E-state index in [2.05, 4.69) is 5.32 Å². The molecule has 0 radical (unpaired) electrons. The van der Waals surface area contributed by atoms with Crippen molar-refractivity contribution in [3.05, 3.63) is 59.7 Å². The normalized spacial score (nSPS) is 16.8. The summed E-state index contributed by atoms with van der Waals surface area (Å²) in [5.41, 5.74) is 2.38. The number of ether oxygens (including phenoxy) is 1. The van der Waals surface area contributed by atoms with E-state index in [9.17, 15) is 18.0 Å². The number of hydrogen-bond donors (Lipinski definition) is 1. The van der Waals surface area contributed by atoms with E-state index in [1.165, 1.54) is 6.07 Å². The third kappa shape index (κ3) is 4.32. The van der Waals surface area contributed by atoms with Crippen LogP contribution in [-0.4, -0.2) is 18.7 Å². The van der Waals surface area contributed by atoms with Crippen molar-refractivity contribution in [2.45, 2.75) is 31.4 Å². The fourth-order valence-corrected chi connectivity index (χ4v) is 3.10. The zero-order valence-electron chi connectivity index (χ0n) is 13.5. The SMILES string of the molecule is O=C(Nc1ccccc1OCC(F)(F)F)[C@H]1CCCc2ccccc21. The number of rotatable bonds is 4. The Morgan fingerprint density at radius 2 is 1.84 bits per heavy atom. The molecule has 0 aromatic heterocycles. The van der Waals surface area contributed by atoms with Crippen LogP contribution in [-0.2, 0) is 11.2 Å². The van der Waals surface area contributed by atoms with Crippen molar-refractivity contribution in [3.63, 3.8) is 0 Å². The van der Waals surface area contributed by atoms with Crippen molar-refractivity contribution in [2.75, 3.05) is 11.9 Å². The molecule has 0 heterocycles. The van der Waals surface area contributed by atoms with E-state index >= 15 is 0 Å². The molecule has 6 heteroatoms. The molecule has 3 rings (SSSR count). The Bertz CT molecular complexity index is 758. The van der Waals surface area contributed by atoms with Gasteiger partial charge in [-0.15, -0.1) is 0 Å². The molecule has 0 bridgehead atoms. The number of halogens is 3. The van der Waals surface area contributed by atoms with E-state index in [0.717, 1.165) is 24.0 Å². The number of carbonyl (C=O) groups excluding carboxylic acids is 1. The van der Waals surface area contributed by atoms with Gasteiger partial charge >= 0.3 is 6.18 Å². The number of para-hydroxylation sites is 2. The van der Waals surface area contributed by atoms with Crippen LogP contribution >= 0.6 is 0 Å². The molecule has 2 aromatic carbocycles. The lowest BCUT2D eigenvalue weighted by Crippen LogP contribution is -2.25. The largest absolute Gasteiger partial charge is 0.482 e. The van der Waals surface area contributed by atoms with Crippen LogP contribution in [0.15, 0.2) is 48.5 Å². The number of amides is 1. The first kappa shape index (κ1) is 17.3. The molecule has 1 amide bonds. The quantitative estimate of drug-likeness (QED) is 0.870. The van der Waals surface area contributed by atoms with Gasteiger partial charge in [-0.1, -0.05) is 36.4 Å². The maximum atomic E-state index is 12.7. The summed E-state index contributed by atoms with van der Waals surface area (Å²) in [5.74, 6) is -0.520. The maximum absolute atomic E-state index is 12.7. The topological polar surface area (TPSA) is 38.3 Å². The molecule has 0 aliphatic heterocycles. The summed E-state index contributed by atoms with van der Waals surface area (Å²) in [6.45, 7) is -1.40. The van der Waals surface area contributed by atoms with E-state index in [1.807, 2.05) is 24.3 Å². The zero-order valence-corrected chi connectivity index (χ0v) is 13.5. The Kier molecular flexibility index (Phi) is 4.97. The van der Waals surface area contributed by atoms with Crippen LogP contribution in [0.5, 0.6) is 5.75 Å². The Hall–Kier alpha value is -2.50. The summed E-state index contributed by atoms with van der Waals surface area (Å²) in [5, 5.41) is 2.73. The van der Waals surface area contributed by atoms with E-state index in [0.29, 0.717) is 6.42 Å². The van der Waals surface area contributed by atoms with Crippen molar-refractivity contribution in [2.24, 2.45) is 0 Å². The van der Waals surface area contributed by atoms with Gasteiger partial charge in [0.05, 0.1) is 11.6 Å². The molecule has 0 spiro atoms. The molecular weight excluding hydrogens is 331 g/mol. The number of carbonyl (C=O) groups is 1. The first-order chi connectivity index (χ1) is 11.9. The van der Waals surface area contributed by atoms with E-state index in [4.69, 9.17) is 4.74 Å². The second-order valence-electron chi connectivity index (χ2n) is 6.03. The number of anilines is 1. The standard InChI is InChI=1S/C19H18F3NO2/c20-19(21,22)12-25-17-11-4-3-10-16(17)23-18(24)15-9-5-7-13-6-1-2-8-14(13)15/h1-4,6,8,10-11,15H,5,7,9,12H2,(H,23,24)/t15-/m0/s1. The molecule has 132 valence electrons. The van der Waals surface area contributed by atoms with Gasteiger partial charge in [0.1, 0.15) is 5.75 Å². The smallest absolute Gasteiger partial charge is 0.422 e. The number of nitrogens with one attached hydrogen (secondary N) is 1. The number of benzene rings is 2. The van der Waals surface area contributed by atoms with Crippen LogP contribution in [0.2, 0.25) is 0 Å². The van der Waals surface area contributed by atoms with Gasteiger partial charge in [0.25, 0.3) is 0 Å². The van der Waals surface area contributed by atoms with Crippen LogP contribution < -0.4 is 10.1 Å². The summed E-state index contributed by atoms with van der Waals surface area (Å²) in [6, 6.07) is 13.9. The van der Waals surface area contributed by atoms with Gasteiger partial charge in [0.15, 0.2) is 6.61 Å². The summed E-state index contributed by atoms with van der Waals surface area (Å²) in [4.78, 5) is 12.7. The monoisotopic (exact) mass is 349 g/mol. The number of fused-ring (bicyclic) bond motifs is 1. The predicted octanol–water partition coefficient (Wildman–Crippen LogP) is 4.69. The molecule has 3 nitrogen and oxygen atoms in total. The van der Waals surface area contributed by atoms with E-state index < -0.39 is 12.8 Å². The van der Waals surface area contributed by atoms with Gasteiger partial charge in [-0.05, 0) is 42.5 Å². The number of alkyl halides is 3. The summed E-state index contributed by atoms with van der Waals surface area (Å²) >= 11 is 0. The Balaban J connectivity index is 1.76. The lowest BCUT2D eigenvalue weighted by molar-refractivity contribution is -0.153. The lowest BCUT2D eigenvalue weighted by Gasteiger charge is -2.25. The Morgan fingerprint density at radius 1 is 1.12 bits per heavy atom. The second kappa shape index (κ2) is 7.17. The first-order valence-corrected chi connectivity index (χ1v) is 8.11. The van der Waals surface area contributed by atoms with Crippen molar-refractivity contribution in [3.8, 4) is 5.75 Å². The number of hydrogen-bond acceptors (Lipinski definition) is 2. The van der Waals surface area contributed by atoms with E-state index in [1.54, 1.807) is 18.2 Å². The van der Waals surface area contributed by atoms with Crippen molar-refractivity contribution < 1.29 is 22.7 Å².